The average molecular weight is 349 g/mol. The lowest BCUT2D eigenvalue weighted by Gasteiger charge is -2.05. The van der Waals surface area contributed by atoms with Gasteiger partial charge in [0.2, 0.25) is 0 Å². The number of rotatable bonds is 5. The molecule has 0 unspecified atom stereocenters. The molecule has 4 rings (SSSR count). The molecule has 6 nitrogen and oxygen atoms in total. The van der Waals surface area contributed by atoms with Crippen molar-refractivity contribution in [1.82, 2.24) is 25.5 Å². The molecule has 0 radical (unpaired) electrons. The minimum atomic E-state index is -0.275. The van der Waals surface area contributed by atoms with E-state index < -0.39 is 0 Å². The number of carbonyl (C=O) groups is 1. The third-order valence-corrected chi connectivity index (χ3v) is 4.15. The molecule has 0 bridgehead atoms. The summed E-state index contributed by atoms with van der Waals surface area (Å²) < 4.78 is 13.0. The lowest BCUT2D eigenvalue weighted by Crippen LogP contribution is -2.26. The second-order valence-electron chi connectivity index (χ2n) is 5.90. The molecular formula is C19H16FN5O. The summed E-state index contributed by atoms with van der Waals surface area (Å²) in [7, 11) is 0. The van der Waals surface area contributed by atoms with Gasteiger partial charge >= 0.3 is 0 Å². The van der Waals surface area contributed by atoms with Gasteiger partial charge < -0.3 is 10.3 Å². The second-order valence-corrected chi connectivity index (χ2v) is 5.90. The van der Waals surface area contributed by atoms with Crippen LogP contribution in [0.5, 0.6) is 0 Å². The monoisotopic (exact) mass is 349 g/mol. The number of nitrogens with one attached hydrogen (secondary N) is 3. The van der Waals surface area contributed by atoms with E-state index in [4.69, 9.17) is 0 Å². The molecule has 2 aromatic heterocycles. The molecule has 0 aliphatic heterocycles. The molecule has 0 fully saturated rings. The lowest BCUT2D eigenvalue weighted by molar-refractivity contribution is 0.0955. The molecular weight excluding hydrogens is 333 g/mol. The van der Waals surface area contributed by atoms with E-state index in [0.29, 0.717) is 18.5 Å². The molecule has 130 valence electrons. The number of hydrogen-bond donors (Lipinski definition) is 3. The number of imidazole rings is 1. The number of H-pyrrole nitrogens is 2. The molecule has 7 heteroatoms. The van der Waals surface area contributed by atoms with Gasteiger partial charge in [0, 0.05) is 18.4 Å². The topological polar surface area (TPSA) is 86.5 Å². The summed E-state index contributed by atoms with van der Waals surface area (Å²) in [6.07, 6.45) is 3.95. The van der Waals surface area contributed by atoms with E-state index in [1.807, 2.05) is 12.1 Å². The van der Waals surface area contributed by atoms with Gasteiger partial charge in [-0.15, -0.1) is 0 Å². The molecule has 0 aliphatic carbocycles. The van der Waals surface area contributed by atoms with Gasteiger partial charge in [-0.2, -0.15) is 5.10 Å². The van der Waals surface area contributed by atoms with E-state index in [2.05, 4.69) is 25.5 Å². The van der Waals surface area contributed by atoms with Gasteiger partial charge in [-0.25, -0.2) is 9.37 Å². The first-order valence-corrected chi connectivity index (χ1v) is 8.21. The molecule has 0 atom stereocenters. The van der Waals surface area contributed by atoms with Crippen molar-refractivity contribution < 1.29 is 9.18 Å². The van der Waals surface area contributed by atoms with Crippen molar-refractivity contribution in [2.24, 2.45) is 0 Å². The highest BCUT2D eigenvalue weighted by atomic mass is 19.1. The molecule has 26 heavy (non-hydrogen) atoms. The van der Waals surface area contributed by atoms with E-state index >= 15 is 0 Å². The predicted octanol–water partition coefficient (Wildman–Crippen LogP) is 3.06. The van der Waals surface area contributed by atoms with Crippen LogP contribution in [0, 0.1) is 5.82 Å². The van der Waals surface area contributed by atoms with Crippen molar-refractivity contribution in [2.75, 3.05) is 6.54 Å². The third-order valence-electron chi connectivity index (χ3n) is 4.15. The van der Waals surface area contributed by atoms with E-state index in [-0.39, 0.29) is 11.7 Å². The van der Waals surface area contributed by atoms with Gasteiger partial charge in [0.05, 0.1) is 29.2 Å². The minimum Gasteiger partial charge on any atom is -0.352 e. The van der Waals surface area contributed by atoms with E-state index in [1.165, 1.54) is 12.1 Å². The van der Waals surface area contributed by atoms with Gasteiger partial charge in [0.1, 0.15) is 11.6 Å². The zero-order chi connectivity index (χ0) is 17.9. The zero-order valence-corrected chi connectivity index (χ0v) is 13.8. The van der Waals surface area contributed by atoms with Crippen LogP contribution in [0.3, 0.4) is 0 Å². The van der Waals surface area contributed by atoms with Gasteiger partial charge in [0.25, 0.3) is 5.91 Å². The second kappa shape index (κ2) is 6.79. The summed E-state index contributed by atoms with van der Waals surface area (Å²) in [4.78, 5) is 19.9. The average Bonchev–Trinajstić information content (AvgIpc) is 3.31. The molecule has 0 spiro atoms. The Kier molecular flexibility index (Phi) is 4.18. The summed E-state index contributed by atoms with van der Waals surface area (Å²) in [6, 6.07) is 11.7. The van der Waals surface area contributed by atoms with Crippen LogP contribution in [0.4, 0.5) is 4.39 Å². The zero-order valence-electron chi connectivity index (χ0n) is 13.8. The number of benzene rings is 2. The fraction of sp³-hybridized carbons (Fsp3) is 0.105. The van der Waals surface area contributed by atoms with Gasteiger partial charge in [-0.1, -0.05) is 12.1 Å². The SMILES string of the molecule is O=C(NCCc1ncc(-c2ccc(F)cc2)[nH]1)c1cccc2cn[nH]c12. The summed E-state index contributed by atoms with van der Waals surface area (Å²) in [5, 5.41) is 10.6. The third kappa shape index (κ3) is 3.19. The number of aromatic amines is 2. The summed E-state index contributed by atoms with van der Waals surface area (Å²) in [6.45, 7) is 0.444. The Morgan fingerprint density at radius 2 is 1.96 bits per heavy atom. The van der Waals surface area contributed by atoms with Crippen LogP contribution in [0.15, 0.2) is 54.9 Å². The van der Waals surface area contributed by atoms with Gasteiger partial charge in [-0.3, -0.25) is 9.89 Å². The highest BCUT2D eigenvalue weighted by Crippen LogP contribution is 2.18. The van der Waals surface area contributed by atoms with Crippen LogP contribution >= 0.6 is 0 Å². The number of para-hydroxylation sites is 1. The lowest BCUT2D eigenvalue weighted by atomic mass is 10.1. The predicted molar refractivity (Wildman–Crippen MR) is 96.1 cm³/mol. The van der Waals surface area contributed by atoms with Crippen LogP contribution in [0.2, 0.25) is 0 Å². The molecule has 0 saturated carbocycles. The van der Waals surface area contributed by atoms with Crippen molar-refractivity contribution in [3.05, 3.63) is 72.1 Å². The number of amides is 1. The smallest absolute Gasteiger partial charge is 0.253 e. The van der Waals surface area contributed by atoms with Crippen LogP contribution in [0.25, 0.3) is 22.2 Å². The van der Waals surface area contributed by atoms with Crippen molar-refractivity contribution in [2.45, 2.75) is 6.42 Å². The molecule has 1 amide bonds. The fourth-order valence-corrected chi connectivity index (χ4v) is 2.81. The number of carbonyl (C=O) groups excluding carboxylic acids is 1. The van der Waals surface area contributed by atoms with E-state index in [9.17, 15) is 9.18 Å². The molecule has 3 N–H and O–H groups in total. The molecule has 0 saturated heterocycles. The Morgan fingerprint density at radius 1 is 1.12 bits per heavy atom. The normalized spacial score (nSPS) is 11.0. The minimum absolute atomic E-state index is 0.162. The molecule has 0 aliphatic rings. The standard InChI is InChI=1S/C19H16FN5O/c20-14-6-4-12(5-7-14)16-11-22-17(24-16)8-9-21-19(26)15-3-1-2-13-10-23-25-18(13)15/h1-7,10-11H,8-9H2,(H,21,26)(H,22,24)(H,23,25). The fourth-order valence-electron chi connectivity index (χ4n) is 2.81. The van der Waals surface area contributed by atoms with Crippen LogP contribution in [-0.2, 0) is 6.42 Å². The number of halogens is 1. The maximum absolute atomic E-state index is 13.0. The number of nitrogens with zero attached hydrogens (tertiary/aromatic N) is 2. The first-order valence-electron chi connectivity index (χ1n) is 8.21. The Bertz CT molecular complexity index is 1050. The largest absolute Gasteiger partial charge is 0.352 e. The van der Waals surface area contributed by atoms with Crippen molar-refractivity contribution in [3.63, 3.8) is 0 Å². The van der Waals surface area contributed by atoms with Gasteiger partial charge in [-0.05, 0) is 35.9 Å². The Labute approximate surface area is 148 Å². The van der Waals surface area contributed by atoms with Gasteiger partial charge in [0.15, 0.2) is 0 Å². The Hall–Kier alpha value is -3.48. The number of fused-ring (bicyclic) bond motifs is 1. The highest BCUT2D eigenvalue weighted by Gasteiger charge is 2.11. The quantitative estimate of drug-likeness (QED) is 0.517. The molecule has 2 heterocycles. The van der Waals surface area contributed by atoms with E-state index in [0.717, 1.165) is 28.0 Å². The molecule has 4 aromatic rings. The summed E-state index contributed by atoms with van der Waals surface area (Å²) >= 11 is 0. The maximum atomic E-state index is 13.0. The summed E-state index contributed by atoms with van der Waals surface area (Å²) in [5.74, 6) is 0.318. The van der Waals surface area contributed by atoms with Crippen LogP contribution in [0.1, 0.15) is 16.2 Å². The Balaban J connectivity index is 1.38. The van der Waals surface area contributed by atoms with Crippen molar-refractivity contribution >= 4 is 16.8 Å². The first kappa shape index (κ1) is 16.0. The van der Waals surface area contributed by atoms with E-state index in [1.54, 1.807) is 30.6 Å². The van der Waals surface area contributed by atoms with Crippen molar-refractivity contribution in [1.29, 1.82) is 0 Å². The van der Waals surface area contributed by atoms with Crippen LogP contribution < -0.4 is 5.32 Å². The van der Waals surface area contributed by atoms with Crippen LogP contribution in [-0.4, -0.2) is 32.6 Å². The molecule has 2 aromatic carbocycles. The number of aromatic nitrogens is 4. The maximum Gasteiger partial charge on any atom is 0.253 e. The van der Waals surface area contributed by atoms with Crippen molar-refractivity contribution in [3.8, 4) is 11.3 Å². The number of hydrogen-bond acceptors (Lipinski definition) is 3. The highest BCUT2D eigenvalue weighted by molar-refractivity contribution is 6.05. The first-order chi connectivity index (χ1) is 12.7. The summed E-state index contributed by atoms with van der Waals surface area (Å²) in [5.41, 5.74) is 2.96. The Morgan fingerprint density at radius 3 is 2.81 bits per heavy atom.